The molecule has 2 aromatic carbocycles. The predicted octanol–water partition coefficient (Wildman–Crippen LogP) is 3.93. The minimum absolute atomic E-state index is 0.215. The number of hydrogen-bond acceptors (Lipinski definition) is 4. The van der Waals surface area contributed by atoms with Crippen LogP contribution < -0.4 is 0 Å². The molecule has 1 unspecified atom stereocenters. The number of nitrogens with zero attached hydrogens (tertiary/aromatic N) is 2. The fourth-order valence-electron chi connectivity index (χ4n) is 3.92. The lowest BCUT2D eigenvalue weighted by Gasteiger charge is -2.31. The Kier molecular flexibility index (Phi) is 8.50. The lowest BCUT2D eigenvalue weighted by molar-refractivity contribution is -0.142. The van der Waals surface area contributed by atoms with Crippen molar-refractivity contribution in [3.05, 3.63) is 70.7 Å². The lowest BCUT2D eigenvalue weighted by atomic mass is 9.97. The van der Waals surface area contributed by atoms with Crippen LogP contribution in [-0.4, -0.2) is 66.8 Å². The molecule has 6 heteroatoms. The summed E-state index contributed by atoms with van der Waals surface area (Å²) in [5.41, 5.74) is 2.56. The molecular formula is C23H29ClN2O3. The van der Waals surface area contributed by atoms with Gasteiger partial charge in [-0.3, -0.25) is 4.90 Å². The highest BCUT2D eigenvalue weighted by molar-refractivity contribution is 6.30. The van der Waals surface area contributed by atoms with Gasteiger partial charge in [-0.25, -0.2) is 4.79 Å². The lowest BCUT2D eigenvalue weighted by Crippen LogP contribution is -2.34. The van der Waals surface area contributed by atoms with Gasteiger partial charge in [-0.15, -0.1) is 0 Å². The third-order valence-corrected chi connectivity index (χ3v) is 5.53. The van der Waals surface area contributed by atoms with E-state index in [4.69, 9.17) is 21.4 Å². The van der Waals surface area contributed by atoms with Crippen LogP contribution in [0.5, 0.6) is 0 Å². The molecule has 156 valence electrons. The van der Waals surface area contributed by atoms with Gasteiger partial charge in [0.15, 0.2) is 0 Å². The average molecular weight is 417 g/mol. The molecule has 1 saturated heterocycles. The topological polar surface area (TPSA) is 53.0 Å². The van der Waals surface area contributed by atoms with E-state index in [9.17, 15) is 4.79 Å². The first-order valence-electron chi connectivity index (χ1n) is 10.2. The van der Waals surface area contributed by atoms with Crippen LogP contribution in [0.25, 0.3) is 0 Å². The standard InChI is InChI=1S/C23H29ClN2O3/c24-21-10-8-20(9-11-21)23(19-6-2-1-3-7-19)26-14-4-12-25(15-16-26)13-5-17-29-18-22(27)28/h1-3,6-11,23H,4-5,12-18H2,(H,27,28). The molecule has 1 N–H and O–H groups in total. The summed E-state index contributed by atoms with van der Waals surface area (Å²) >= 11 is 6.12. The Balaban J connectivity index is 1.62. The Bertz CT molecular complexity index is 754. The van der Waals surface area contributed by atoms with Crippen molar-refractivity contribution in [2.24, 2.45) is 0 Å². The molecule has 5 nitrogen and oxygen atoms in total. The molecular weight excluding hydrogens is 388 g/mol. The van der Waals surface area contributed by atoms with E-state index < -0.39 is 5.97 Å². The Hall–Kier alpha value is -1.92. The first-order chi connectivity index (χ1) is 14.1. The molecule has 0 spiro atoms. The number of hydrogen-bond donors (Lipinski definition) is 1. The minimum Gasteiger partial charge on any atom is -0.480 e. The molecule has 1 aliphatic rings. The molecule has 0 bridgehead atoms. The Labute approximate surface area is 177 Å². The number of carboxylic acids is 1. The number of benzene rings is 2. The van der Waals surface area contributed by atoms with Crippen molar-refractivity contribution < 1.29 is 14.6 Å². The van der Waals surface area contributed by atoms with Crippen LogP contribution in [-0.2, 0) is 9.53 Å². The summed E-state index contributed by atoms with van der Waals surface area (Å²) in [6.45, 7) is 5.28. The molecule has 0 amide bonds. The fraction of sp³-hybridized carbons (Fsp3) is 0.435. The van der Waals surface area contributed by atoms with Crippen molar-refractivity contribution >= 4 is 17.6 Å². The number of ether oxygens (including phenoxy) is 1. The van der Waals surface area contributed by atoms with Crippen LogP contribution in [0.2, 0.25) is 5.02 Å². The van der Waals surface area contributed by atoms with Gasteiger partial charge in [0.2, 0.25) is 0 Å². The minimum atomic E-state index is -0.912. The second-order valence-electron chi connectivity index (χ2n) is 7.40. The van der Waals surface area contributed by atoms with Crippen molar-refractivity contribution in [3.63, 3.8) is 0 Å². The number of rotatable bonds is 9. The molecule has 0 aromatic heterocycles. The van der Waals surface area contributed by atoms with Crippen molar-refractivity contribution in [1.29, 1.82) is 0 Å². The van der Waals surface area contributed by atoms with Crippen molar-refractivity contribution in [2.45, 2.75) is 18.9 Å². The molecule has 1 atom stereocenters. The Morgan fingerprint density at radius 3 is 2.45 bits per heavy atom. The van der Waals surface area contributed by atoms with Gasteiger partial charge in [-0.05, 0) is 42.6 Å². The van der Waals surface area contributed by atoms with Gasteiger partial charge in [-0.2, -0.15) is 0 Å². The first kappa shape index (κ1) is 21.8. The summed E-state index contributed by atoms with van der Waals surface area (Å²) < 4.78 is 5.15. The molecule has 0 radical (unpaired) electrons. The van der Waals surface area contributed by atoms with Crippen molar-refractivity contribution in [1.82, 2.24) is 9.80 Å². The van der Waals surface area contributed by atoms with Gasteiger partial charge in [0.25, 0.3) is 0 Å². The quantitative estimate of drug-likeness (QED) is 0.628. The predicted molar refractivity (Wildman–Crippen MR) is 115 cm³/mol. The maximum atomic E-state index is 10.5. The zero-order valence-electron chi connectivity index (χ0n) is 16.7. The van der Waals surface area contributed by atoms with Crippen LogP contribution in [0, 0.1) is 0 Å². The van der Waals surface area contributed by atoms with Gasteiger partial charge in [0.05, 0.1) is 6.04 Å². The molecule has 0 aliphatic carbocycles. The average Bonchev–Trinajstić information content (AvgIpc) is 2.96. The highest BCUT2D eigenvalue weighted by Gasteiger charge is 2.24. The van der Waals surface area contributed by atoms with Gasteiger partial charge in [0.1, 0.15) is 6.61 Å². The van der Waals surface area contributed by atoms with E-state index in [-0.39, 0.29) is 12.6 Å². The summed E-state index contributed by atoms with van der Waals surface area (Å²) in [6.07, 6.45) is 1.96. The largest absolute Gasteiger partial charge is 0.480 e. The molecule has 3 rings (SSSR count). The summed E-state index contributed by atoms with van der Waals surface area (Å²) in [4.78, 5) is 15.5. The van der Waals surface area contributed by atoms with Crippen LogP contribution >= 0.6 is 11.6 Å². The van der Waals surface area contributed by atoms with E-state index in [2.05, 4.69) is 52.3 Å². The highest BCUT2D eigenvalue weighted by Crippen LogP contribution is 2.30. The monoisotopic (exact) mass is 416 g/mol. The SMILES string of the molecule is O=C(O)COCCCN1CCCN(C(c2ccccc2)c2ccc(Cl)cc2)CC1. The molecule has 29 heavy (non-hydrogen) atoms. The normalized spacial score (nSPS) is 17.0. The first-order valence-corrected chi connectivity index (χ1v) is 10.6. The molecule has 1 fully saturated rings. The van der Waals surface area contributed by atoms with E-state index >= 15 is 0 Å². The summed E-state index contributed by atoms with van der Waals surface area (Å²) in [5.74, 6) is -0.912. The van der Waals surface area contributed by atoms with E-state index in [0.29, 0.717) is 6.61 Å². The number of carbonyl (C=O) groups is 1. The van der Waals surface area contributed by atoms with E-state index in [1.807, 2.05) is 12.1 Å². The zero-order chi connectivity index (χ0) is 20.5. The van der Waals surface area contributed by atoms with Crippen molar-refractivity contribution in [3.8, 4) is 0 Å². The number of aliphatic carboxylic acids is 1. The fourth-order valence-corrected chi connectivity index (χ4v) is 4.04. The van der Waals surface area contributed by atoms with Gasteiger partial charge >= 0.3 is 5.97 Å². The maximum absolute atomic E-state index is 10.5. The van der Waals surface area contributed by atoms with Crippen LogP contribution in [0.4, 0.5) is 0 Å². The Morgan fingerprint density at radius 2 is 1.72 bits per heavy atom. The Morgan fingerprint density at radius 1 is 1.00 bits per heavy atom. The second kappa shape index (κ2) is 11.3. The number of halogens is 1. The highest BCUT2D eigenvalue weighted by atomic mass is 35.5. The molecule has 2 aromatic rings. The summed E-state index contributed by atoms with van der Waals surface area (Å²) in [7, 11) is 0. The second-order valence-corrected chi connectivity index (χ2v) is 7.83. The van der Waals surface area contributed by atoms with Crippen molar-refractivity contribution in [2.75, 3.05) is 45.9 Å². The van der Waals surface area contributed by atoms with Gasteiger partial charge < -0.3 is 14.7 Å². The molecule has 1 aliphatic heterocycles. The van der Waals surface area contributed by atoms with Gasteiger partial charge in [0, 0.05) is 37.8 Å². The molecule has 1 heterocycles. The van der Waals surface area contributed by atoms with E-state index in [1.54, 1.807) is 0 Å². The zero-order valence-corrected chi connectivity index (χ0v) is 17.4. The van der Waals surface area contributed by atoms with Crippen LogP contribution in [0.3, 0.4) is 0 Å². The third kappa shape index (κ3) is 6.82. The summed E-state index contributed by atoms with van der Waals surface area (Å²) in [6, 6.07) is 19.0. The van der Waals surface area contributed by atoms with E-state index in [1.165, 1.54) is 11.1 Å². The summed E-state index contributed by atoms with van der Waals surface area (Å²) in [5, 5.41) is 9.39. The maximum Gasteiger partial charge on any atom is 0.329 e. The van der Waals surface area contributed by atoms with Gasteiger partial charge in [-0.1, -0.05) is 54.1 Å². The smallest absolute Gasteiger partial charge is 0.329 e. The van der Waals surface area contributed by atoms with E-state index in [0.717, 1.165) is 50.6 Å². The number of carboxylic acid groups (broad SMARTS) is 1. The molecule has 0 saturated carbocycles. The third-order valence-electron chi connectivity index (χ3n) is 5.28. The van der Waals surface area contributed by atoms with Crippen LogP contribution in [0.1, 0.15) is 30.0 Å². The van der Waals surface area contributed by atoms with Crippen LogP contribution in [0.15, 0.2) is 54.6 Å².